The number of nitrogens with zero attached hydrogens (tertiary/aromatic N) is 5. The summed E-state index contributed by atoms with van der Waals surface area (Å²) in [6.45, 7) is 3.58. The molecule has 2 fully saturated rings. The summed E-state index contributed by atoms with van der Waals surface area (Å²) in [7, 11) is 0. The van der Waals surface area contributed by atoms with E-state index in [1.807, 2.05) is 18.2 Å². The number of amides is 2. The highest BCUT2D eigenvalue weighted by Gasteiger charge is 2.56. The van der Waals surface area contributed by atoms with Crippen molar-refractivity contribution in [1.29, 1.82) is 0 Å². The fraction of sp³-hybridized carbons (Fsp3) is 0.308. The topological polar surface area (TPSA) is 172 Å². The molecular weight excluding hydrogens is 558 g/mol. The lowest BCUT2D eigenvalue weighted by Gasteiger charge is -2.24. The number of benzene rings is 1. The Balaban J connectivity index is 1.22. The Morgan fingerprint density at radius 1 is 1.10 bits per heavy atom. The third-order valence-electron chi connectivity index (χ3n) is 6.46. The van der Waals surface area contributed by atoms with E-state index in [-0.39, 0.29) is 28.9 Å². The summed E-state index contributed by atoms with van der Waals surface area (Å²) in [5.74, 6) is -1.78. The average Bonchev–Trinajstić information content (AvgIpc) is 3.59. The van der Waals surface area contributed by atoms with Crippen LogP contribution in [0, 0.1) is 0 Å². The van der Waals surface area contributed by atoms with Crippen LogP contribution in [0.2, 0.25) is 5.02 Å². The van der Waals surface area contributed by atoms with Gasteiger partial charge in [0.1, 0.15) is 36.3 Å². The average molecular weight is 582 g/mol. The van der Waals surface area contributed by atoms with E-state index in [2.05, 4.69) is 30.6 Å². The molecule has 1 aromatic carbocycles. The maximum atomic E-state index is 12.6. The number of aromatic nitrogens is 5. The smallest absolute Gasteiger partial charge is 0.337 e. The number of aromatic carboxylic acids is 1. The largest absolute Gasteiger partial charge is 0.478 e. The summed E-state index contributed by atoms with van der Waals surface area (Å²) in [6.07, 6.45) is 1.60. The van der Waals surface area contributed by atoms with Gasteiger partial charge in [-0.2, -0.15) is 0 Å². The molecule has 4 unspecified atom stereocenters. The van der Waals surface area contributed by atoms with Crippen LogP contribution in [0.4, 0.5) is 16.3 Å². The number of rotatable bonds is 7. The molecule has 2 amide bonds. The van der Waals surface area contributed by atoms with Crippen LogP contribution in [0.15, 0.2) is 55.2 Å². The number of fused-ring (bicyclic) bond motifs is 2. The van der Waals surface area contributed by atoms with Crippen molar-refractivity contribution in [2.24, 2.45) is 0 Å². The van der Waals surface area contributed by atoms with Crippen molar-refractivity contribution >= 4 is 46.3 Å². The highest BCUT2D eigenvalue weighted by molar-refractivity contribution is 6.32. The Kier molecular flexibility index (Phi) is 6.91. The Morgan fingerprint density at radius 3 is 2.63 bits per heavy atom. The molecular formula is C26H24ClN7O7. The monoisotopic (exact) mass is 581 g/mol. The summed E-state index contributed by atoms with van der Waals surface area (Å²) in [5, 5.41) is 14.6. The first-order valence-corrected chi connectivity index (χ1v) is 12.9. The Bertz CT molecular complexity index is 1620. The van der Waals surface area contributed by atoms with Crippen molar-refractivity contribution in [3.63, 3.8) is 0 Å². The molecule has 0 bridgehead atoms. The molecule has 0 saturated carbocycles. The number of hydrogen-bond donors (Lipinski definition) is 3. The van der Waals surface area contributed by atoms with Crippen molar-refractivity contribution in [3.05, 3.63) is 65.8 Å². The number of carbonyl (C=O) groups excluding carboxylic acids is 1. The molecule has 0 spiro atoms. The first-order valence-electron chi connectivity index (χ1n) is 12.5. The second-order valence-electron chi connectivity index (χ2n) is 9.75. The number of pyridine rings is 1. The molecule has 41 heavy (non-hydrogen) atoms. The van der Waals surface area contributed by atoms with Gasteiger partial charge in [0.25, 0.3) is 0 Å². The van der Waals surface area contributed by atoms with Gasteiger partial charge in [-0.25, -0.2) is 29.5 Å². The Morgan fingerprint density at radius 2 is 1.88 bits per heavy atom. The van der Waals surface area contributed by atoms with Crippen molar-refractivity contribution in [2.75, 3.05) is 17.2 Å². The van der Waals surface area contributed by atoms with Gasteiger partial charge in [0.15, 0.2) is 29.0 Å². The molecule has 212 valence electrons. The molecule has 2 aliphatic heterocycles. The number of imidazole rings is 1. The van der Waals surface area contributed by atoms with Crippen LogP contribution in [-0.2, 0) is 14.2 Å². The van der Waals surface area contributed by atoms with Crippen LogP contribution in [0.3, 0.4) is 0 Å². The van der Waals surface area contributed by atoms with E-state index in [9.17, 15) is 9.59 Å². The molecule has 0 aliphatic carbocycles. The molecule has 15 heteroatoms. The van der Waals surface area contributed by atoms with E-state index in [4.69, 9.17) is 35.7 Å². The Hall–Kier alpha value is -4.37. The van der Waals surface area contributed by atoms with E-state index in [0.717, 1.165) is 6.20 Å². The molecule has 5 heterocycles. The highest BCUT2D eigenvalue weighted by Crippen LogP contribution is 2.44. The maximum Gasteiger partial charge on any atom is 0.337 e. The van der Waals surface area contributed by atoms with Crippen molar-refractivity contribution in [1.82, 2.24) is 24.5 Å². The zero-order valence-corrected chi connectivity index (χ0v) is 22.5. The predicted octanol–water partition coefficient (Wildman–Crippen LogP) is 3.71. The minimum absolute atomic E-state index is 0.00960. The van der Waals surface area contributed by atoms with Gasteiger partial charge in [-0.1, -0.05) is 29.8 Å². The van der Waals surface area contributed by atoms with Gasteiger partial charge in [-0.05, 0) is 32.0 Å². The minimum Gasteiger partial charge on any atom is -0.478 e. The molecule has 3 aromatic heterocycles. The van der Waals surface area contributed by atoms with Crippen LogP contribution in [0.25, 0.3) is 11.2 Å². The zero-order chi connectivity index (χ0) is 28.7. The molecule has 4 aromatic rings. The summed E-state index contributed by atoms with van der Waals surface area (Å²) in [5.41, 5.74) is 1.31. The number of ether oxygens (including phenoxy) is 4. The molecule has 4 atom stereocenters. The first-order chi connectivity index (χ1) is 19.7. The second kappa shape index (κ2) is 10.6. The van der Waals surface area contributed by atoms with Crippen molar-refractivity contribution < 1.29 is 33.6 Å². The third-order valence-corrected chi connectivity index (χ3v) is 6.73. The van der Waals surface area contributed by atoms with Gasteiger partial charge in [-0.15, -0.1) is 0 Å². The van der Waals surface area contributed by atoms with Gasteiger partial charge in [0.2, 0.25) is 5.88 Å². The molecule has 3 N–H and O–H groups in total. The fourth-order valence-corrected chi connectivity index (χ4v) is 4.97. The van der Waals surface area contributed by atoms with Crippen LogP contribution in [-0.4, -0.2) is 72.3 Å². The molecule has 6 rings (SSSR count). The van der Waals surface area contributed by atoms with Crippen molar-refractivity contribution in [2.45, 2.75) is 44.2 Å². The lowest BCUT2D eigenvalue weighted by Crippen LogP contribution is -2.34. The van der Waals surface area contributed by atoms with Gasteiger partial charge in [0, 0.05) is 11.9 Å². The number of para-hydroxylation sites is 1. The normalized spacial score (nSPS) is 22.8. The van der Waals surface area contributed by atoms with E-state index in [0.29, 0.717) is 16.9 Å². The van der Waals surface area contributed by atoms with Crippen LogP contribution < -0.4 is 15.4 Å². The van der Waals surface area contributed by atoms with Crippen molar-refractivity contribution in [3.8, 4) is 5.88 Å². The van der Waals surface area contributed by atoms with Crippen LogP contribution in [0.1, 0.15) is 30.4 Å². The summed E-state index contributed by atoms with van der Waals surface area (Å²) in [6, 6.07) is 9.76. The Labute approximate surface area is 237 Å². The summed E-state index contributed by atoms with van der Waals surface area (Å²) in [4.78, 5) is 40.8. The number of nitrogens with one attached hydrogen (secondary N) is 2. The van der Waals surface area contributed by atoms with Gasteiger partial charge in [0.05, 0.1) is 11.9 Å². The number of hydrogen-bond acceptors (Lipinski definition) is 10. The second-order valence-corrected chi connectivity index (χ2v) is 10.2. The molecule has 2 aliphatic rings. The number of halogens is 1. The van der Waals surface area contributed by atoms with E-state index >= 15 is 0 Å². The van der Waals surface area contributed by atoms with Crippen LogP contribution in [0.5, 0.6) is 5.88 Å². The van der Waals surface area contributed by atoms with E-state index in [1.165, 1.54) is 18.7 Å². The number of carbonyl (C=O) groups is 2. The maximum absolute atomic E-state index is 12.6. The van der Waals surface area contributed by atoms with Gasteiger partial charge in [-0.3, -0.25) is 9.88 Å². The van der Waals surface area contributed by atoms with E-state index < -0.39 is 42.3 Å². The van der Waals surface area contributed by atoms with Crippen LogP contribution >= 0.6 is 11.6 Å². The quantitative estimate of drug-likeness (QED) is 0.290. The highest BCUT2D eigenvalue weighted by atomic mass is 35.5. The van der Waals surface area contributed by atoms with E-state index in [1.54, 1.807) is 30.5 Å². The molecule has 0 radical (unpaired) electrons. The van der Waals surface area contributed by atoms with Gasteiger partial charge >= 0.3 is 12.0 Å². The lowest BCUT2D eigenvalue weighted by molar-refractivity contribution is -0.199. The van der Waals surface area contributed by atoms with Gasteiger partial charge < -0.3 is 29.4 Å². The fourth-order valence-electron chi connectivity index (χ4n) is 4.75. The first kappa shape index (κ1) is 26.8. The number of carboxylic acids is 1. The predicted molar refractivity (Wildman–Crippen MR) is 144 cm³/mol. The lowest BCUT2D eigenvalue weighted by atomic mass is 10.1. The number of urea groups is 1. The summed E-state index contributed by atoms with van der Waals surface area (Å²) >= 11 is 6.18. The minimum atomic E-state index is -1.15. The molecule has 14 nitrogen and oxygen atoms in total. The standard InChI is InChI=1S/C26H24ClN7O7/c1-26(2)40-18-16(10-38-22-15(27)8-13(9-28-22)24(35)36)39-23(19(18)41-26)34-12-31-17-20(29-11-30-21(17)34)33-25(37)32-14-6-4-3-5-7-14/h3-9,11-12,16,18-19,23H,10H2,1-2H3,(H,35,36)(H2,29,30,32,33,37). The zero-order valence-electron chi connectivity index (χ0n) is 21.7. The number of carboxylic acid groups (broad SMARTS) is 1. The molecule has 2 saturated heterocycles. The SMILES string of the molecule is CC1(C)OC2C(COc3ncc(C(=O)O)cc3Cl)OC(n3cnc4c(NC(=O)Nc5ccccc5)ncnc43)C2O1. The summed E-state index contributed by atoms with van der Waals surface area (Å²) < 4.78 is 26.1. The number of anilines is 2. The third kappa shape index (κ3) is 5.37.